The Morgan fingerprint density at radius 1 is 1.44 bits per heavy atom. The van der Waals surface area contributed by atoms with Gasteiger partial charge in [0, 0.05) is 17.9 Å². The second-order valence-corrected chi connectivity index (χ2v) is 6.45. The molecular formula is C12H17FO4S. The fourth-order valence-electron chi connectivity index (χ4n) is 1.45. The molecule has 0 radical (unpaired) electrons. The monoisotopic (exact) mass is 276 g/mol. The molecule has 1 N–H and O–H groups in total. The molecule has 0 fully saturated rings. The van der Waals surface area contributed by atoms with Crippen LogP contribution in [0.1, 0.15) is 25.0 Å². The van der Waals surface area contributed by atoms with Crippen LogP contribution >= 0.6 is 0 Å². The van der Waals surface area contributed by atoms with Gasteiger partial charge in [-0.05, 0) is 25.5 Å². The first-order valence-electron chi connectivity index (χ1n) is 5.57. The standard InChI is InChI=1S/C12H17FO4S/c1-9(14)11-5-4-10(8-12(11)13)17-6-3-7-18(2,15)16/h4-5,8-9,14H,3,6-7H2,1-2H3/t9-/m0/s1. The highest BCUT2D eigenvalue weighted by atomic mass is 32.2. The molecule has 0 spiro atoms. The zero-order valence-electron chi connectivity index (χ0n) is 10.4. The van der Waals surface area contributed by atoms with Gasteiger partial charge in [-0.25, -0.2) is 12.8 Å². The van der Waals surface area contributed by atoms with E-state index in [2.05, 4.69) is 0 Å². The van der Waals surface area contributed by atoms with Crippen molar-refractivity contribution in [3.8, 4) is 5.75 Å². The van der Waals surface area contributed by atoms with Gasteiger partial charge in [0.1, 0.15) is 21.4 Å². The molecular weight excluding hydrogens is 259 g/mol. The van der Waals surface area contributed by atoms with E-state index in [1.807, 2.05) is 0 Å². The van der Waals surface area contributed by atoms with Crippen molar-refractivity contribution in [1.82, 2.24) is 0 Å². The summed E-state index contributed by atoms with van der Waals surface area (Å²) in [5.41, 5.74) is 0.207. The zero-order valence-corrected chi connectivity index (χ0v) is 11.2. The zero-order chi connectivity index (χ0) is 13.8. The van der Waals surface area contributed by atoms with Gasteiger partial charge in [0.15, 0.2) is 0 Å². The Bertz CT molecular complexity index is 497. The van der Waals surface area contributed by atoms with Crippen LogP contribution in [0.4, 0.5) is 4.39 Å². The number of aliphatic hydroxyl groups excluding tert-OH is 1. The van der Waals surface area contributed by atoms with Crippen LogP contribution in [0, 0.1) is 5.82 Å². The van der Waals surface area contributed by atoms with Crippen molar-refractivity contribution in [2.45, 2.75) is 19.4 Å². The number of aliphatic hydroxyl groups is 1. The Balaban J connectivity index is 2.52. The molecule has 0 aliphatic heterocycles. The van der Waals surface area contributed by atoms with Crippen molar-refractivity contribution in [2.24, 2.45) is 0 Å². The third kappa shape index (κ3) is 5.01. The molecule has 18 heavy (non-hydrogen) atoms. The Morgan fingerprint density at radius 2 is 2.11 bits per heavy atom. The van der Waals surface area contributed by atoms with E-state index in [1.54, 1.807) is 6.07 Å². The molecule has 0 saturated carbocycles. The smallest absolute Gasteiger partial charge is 0.147 e. The van der Waals surface area contributed by atoms with Crippen molar-refractivity contribution < 1.29 is 22.7 Å². The van der Waals surface area contributed by atoms with Crippen LogP contribution in [0.3, 0.4) is 0 Å². The van der Waals surface area contributed by atoms with Crippen molar-refractivity contribution in [3.63, 3.8) is 0 Å². The van der Waals surface area contributed by atoms with E-state index in [1.165, 1.54) is 19.1 Å². The maximum absolute atomic E-state index is 13.5. The molecule has 0 saturated heterocycles. The predicted molar refractivity (Wildman–Crippen MR) is 66.9 cm³/mol. The number of rotatable bonds is 6. The van der Waals surface area contributed by atoms with Gasteiger partial charge in [0.05, 0.1) is 18.5 Å². The van der Waals surface area contributed by atoms with Crippen LogP contribution in [-0.4, -0.2) is 32.1 Å². The first-order chi connectivity index (χ1) is 8.29. The quantitative estimate of drug-likeness (QED) is 0.803. The van der Waals surface area contributed by atoms with Gasteiger partial charge >= 0.3 is 0 Å². The maximum Gasteiger partial charge on any atom is 0.147 e. The Hall–Kier alpha value is -1.14. The molecule has 1 rings (SSSR count). The number of ether oxygens (including phenoxy) is 1. The van der Waals surface area contributed by atoms with E-state index in [9.17, 15) is 17.9 Å². The largest absolute Gasteiger partial charge is 0.493 e. The Morgan fingerprint density at radius 3 is 2.61 bits per heavy atom. The van der Waals surface area contributed by atoms with Gasteiger partial charge in [-0.15, -0.1) is 0 Å². The highest BCUT2D eigenvalue weighted by Crippen LogP contribution is 2.21. The molecule has 0 heterocycles. The number of benzene rings is 1. The summed E-state index contributed by atoms with van der Waals surface area (Å²) in [5.74, 6) is -0.169. The molecule has 0 aliphatic carbocycles. The molecule has 0 aliphatic rings. The van der Waals surface area contributed by atoms with Crippen molar-refractivity contribution in [2.75, 3.05) is 18.6 Å². The summed E-state index contributed by atoms with van der Waals surface area (Å²) in [4.78, 5) is 0. The summed E-state index contributed by atoms with van der Waals surface area (Å²) in [6.07, 6.45) is 0.646. The summed E-state index contributed by atoms with van der Waals surface area (Å²) >= 11 is 0. The molecule has 0 bridgehead atoms. The first kappa shape index (κ1) is 14.9. The van der Waals surface area contributed by atoms with E-state index in [0.717, 1.165) is 6.26 Å². The summed E-state index contributed by atoms with van der Waals surface area (Å²) in [6, 6.07) is 4.18. The van der Waals surface area contributed by atoms with E-state index < -0.39 is 21.8 Å². The van der Waals surface area contributed by atoms with Crippen LogP contribution in [-0.2, 0) is 9.84 Å². The van der Waals surface area contributed by atoms with Crippen LogP contribution in [0.15, 0.2) is 18.2 Å². The second-order valence-electron chi connectivity index (χ2n) is 4.19. The summed E-state index contributed by atoms with van der Waals surface area (Å²) in [5, 5.41) is 9.25. The lowest BCUT2D eigenvalue weighted by molar-refractivity contribution is 0.194. The van der Waals surface area contributed by atoms with Gasteiger partial charge in [0.25, 0.3) is 0 Å². The Labute approximate surface area is 106 Å². The predicted octanol–water partition coefficient (Wildman–Crippen LogP) is 1.69. The number of hydrogen-bond donors (Lipinski definition) is 1. The molecule has 1 aromatic carbocycles. The fraction of sp³-hybridized carbons (Fsp3) is 0.500. The normalized spacial score (nSPS) is 13.3. The molecule has 0 amide bonds. The molecule has 0 unspecified atom stereocenters. The van der Waals surface area contributed by atoms with Crippen LogP contribution in [0.2, 0.25) is 0 Å². The lowest BCUT2D eigenvalue weighted by atomic mass is 10.1. The molecule has 6 heteroatoms. The van der Waals surface area contributed by atoms with E-state index in [-0.39, 0.29) is 17.9 Å². The SMILES string of the molecule is C[C@H](O)c1ccc(OCCCS(C)(=O)=O)cc1F. The molecule has 1 atom stereocenters. The average molecular weight is 276 g/mol. The number of sulfone groups is 1. The highest BCUT2D eigenvalue weighted by Gasteiger charge is 2.09. The van der Waals surface area contributed by atoms with Crippen molar-refractivity contribution in [3.05, 3.63) is 29.6 Å². The Kier molecular flexibility index (Phi) is 5.10. The maximum atomic E-state index is 13.5. The fourth-order valence-corrected chi connectivity index (χ4v) is 2.09. The number of halogens is 1. The third-order valence-electron chi connectivity index (χ3n) is 2.35. The molecule has 102 valence electrons. The lowest BCUT2D eigenvalue weighted by Crippen LogP contribution is -2.08. The van der Waals surface area contributed by atoms with E-state index in [0.29, 0.717) is 12.2 Å². The van der Waals surface area contributed by atoms with Crippen LogP contribution in [0.5, 0.6) is 5.75 Å². The molecule has 0 aromatic heterocycles. The van der Waals surface area contributed by atoms with E-state index in [4.69, 9.17) is 4.74 Å². The minimum Gasteiger partial charge on any atom is -0.493 e. The highest BCUT2D eigenvalue weighted by molar-refractivity contribution is 7.90. The van der Waals surface area contributed by atoms with Gasteiger partial charge in [0.2, 0.25) is 0 Å². The van der Waals surface area contributed by atoms with Crippen molar-refractivity contribution >= 4 is 9.84 Å². The van der Waals surface area contributed by atoms with Crippen LogP contribution < -0.4 is 4.74 Å². The van der Waals surface area contributed by atoms with Gasteiger partial charge in [-0.3, -0.25) is 0 Å². The topological polar surface area (TPSA) is 63.6 Å². The van der Waals surface area contributed by atoms with E-state index >= 15 is 0 Å². The van der Waals surface area contributed by atoms with Gasteiger partial charge in [-0.2, -0.15) is 0 Å². The minimum atomic E-state index is -2.99. The third-order valence-corrected chi connectivity index (χ3v) is 3.38. The second kappa shape index (κ2) is 6.15. The summed E-state index contributed by atoms with van der Waals surface area (Å²) < 4.78 is 40.4. The molecule has 1 aromatic rings. The number of hydrogen-bond acceptors (Lipinski definition) is 4. The molecule has 4 nitrogen and oxygen atoms in total. The summed E-state index contributed by atoms with van der Waals surface area (Å²) in [7, 11) is -2.99. The van der Waals surface area contributed by atoms with Crippen molar-refractivity contribution in [1.29, 1.82) is 0 Å². The first-order valence-corrected chi connectivity index (χ1v) is 7.63. The summed E-state index contributed by atoms with van der Waals surface area (Å²) in [6.45, 7) is 1.69. The van der Waals surface area contributed by atoms with Crippen LogP contribution in [0.25, 0.3) is 0 Å². The average Bonchev–Trinajstić information content (AvgIpc) is 2.22. The minimum absolute atomic E-state index is 0.0429. The lowest BCUT2D eigenvalue weighted by Gasteiger charge is -2.09. The van der Waals surface area contributed by atoms with Gasteiger partial charge < -0.3 is 9.84 Å². The van der Waals surface area contributed by atoms with Gasteiger partial charge in [-0.1, -0.05) is 0 Å².